The smallest absolute Gasteiger partial charge is 0.269 e. The molecule has 2 aliphatic rings. The third-order valence-corrected chi connectivity index (χ3v) is 5.87. The third kappa shape index (κ3) is 3.03. The number of aryl methyl sites for hydroxylation is 1. The zero-order valence-corrected chi connectivity index (χ0v) is 15.3. The SMILES string of the molecule is CNC(=O)c1c(NC(=O)[C@H]2COc3ccccc3O2)sc2c1CCCC2. The maximum Gasteiger partial charge on any atom is 0.269 e. The average Bonchev–Trinajstić information content (AvgIpc) is 3.04. The highest BCUT2D eigenvalue weighted by atomic mass is 32.1. The molecule has 26 heavy (non-hydrogen) atoms. The van der Waals surface area contributed by atoms with Crippen molar-refractivity contribution in [2.45, 2.75) is 31.8 Å². The molecule has 1 aromatic carbocycles. The Kier molecular flexibility index (Phi) is 4.55. The normalized spacial score (nSPS) is 18.0. The summed E-state index contributed by atoms with van der Waals surface area (Å²) in [6, 6.07) is 7.27. The number of benzene rings is 1. The third-order valence-electron chi connectivity index (χ3n) is 4.66. The molecule has 0 unspecified atom stereocenters. The van der Waals surface area contributed by atoms with Crippen molar-refractivity contribution in [3.63, 3.8) is 0 Å². The fourth-order valence-electron chi connectivity index (χ4n) is 3.36. The van der Waals surface area contributed by atoms with Crippen molar-refractivity contribution in [1.82, 2.24) is 5.32 Å². The standard InChI is InChI=1S/C19H20N2O4S/c1-20-18(23)16-11-6-2-5-9-15(11)26-19(16)21-17(22)14-10-24-12-7-3-4-8-13(12)25-14/h3-4,7-8,14H,2,5-6,9-10H2,1H3,(H,20,23)(H,21,22)/t14-/m1/s1. The van der Waals surface area contributed by atoms with Crippen molar-refractivity contribution in [1.29, 1.82) is 0 Å². The number of nitrogens with one attached hydrogen (secondary N) is 2. The first-order valence-corrected chi connectivity index (χ1v) is 9.55. The number of para-hydroxylation sites is 2. The maximum absolute atomic E-state index is 12.7. The molecule has 4 rings (SSSR count). The van der Waals surface area contributed by atoms with Crippen LogP contribution < -0.4 is 20.1 Å². The van der Waals surface area contributed by atoms with E-state index in [9.17, 15) is 9.59 Å². The van der Waals surface area contributed by atoms with Gasteiger partial charge in [0.2, 0.25) is 6.10 Å². The van der Waals surface area contributed by atoms with Crippen LogP contribution in [-0.4, -0.2) is 31.6 Å². The van der Waals surface area contributed by atoms with Crippen molar-refractivity contribution in [3.05, 3.63) is 40.3 Å². The van der Waals surface area contributed by atoms with E-state index in [4.69, 9.17) is 9.47 Å². The topological polar surface area (TPSA) is 76.7 Å². The van der Waals surface area contributed by atoms with Gasteiger partial charge in [0.05, 0.1) is 5.56 Å². The fourth-order valence-corrected chi connectivity index (χ4v) is 4.65. The van der Waals surface area contributed by atoms with Crippen molar-refractivity contribution in [2.75, 3.05) is 19.0 Å². The summed E-state index contributed by atoms with van der Waals surface area (Å²) < 4.78 is 11.4. The highest BCUT2D eigenvalue weighted by Gasteiger charge is 2.31. The van der Waals surface area contributed by atoms with Gasteiger partial charge in [0.25, 0.3) is 11.8 Å². The van der Waals surface area contributed by atoms with Gasteiger partial charge in [-0.15, -0.1) is 11.3 Å². The molecular formula is C19H20N2O4S. The lowest BCUT2D eigenvalue weighted by atomic mass is 9.95. The van der Waals surface area contributed by atoms with E-state index in [1.807, 2.05) is 12.1 Å². The summed E-state index contributed by atoms with van der Waals surface area (Å²) in [4.78, 5) is 26.3. The van der Waals surface area contributed by atoms with Crippen molar-refractivity contribution in [3.8, 4) is 11.5 Å². The molecule has 0 fully saturated rings. The van der Waals surface area contributed by atoms with Crippen LogP contribution in [0.25, 0.3) is 0 Å². The van der Waals surface area contributed by atoms with Gasteiger partial charge in [0.15, 0.2) is 11.5 Å². The van der Waals surface area contributed by atoms with Gasteiger partial charge >= 0.3 is 0 Å². The molecule has 1 aromatic heterocycles. The van der Waals surface area contributed by atoms with E-state index in [-0.39, 0.29) is 18.4 Å². The number of anilines is 1. The van der Waals surface area contributed by atoms with Gasteiger partial charge in [-0.2, -0.15) is 0 Å². The molecule has 2 aromatic rings. The van der Waals surface area contributed by atoms with Crippen molar-refractivity contribution in [2.24, 2.45) is 0 Å². The van der Waals surface area contributed by atoms with Gasteiger partial charge in [-0.05, 0) is 43.4 Å². The number of ether oxygens (including phenoxy) is 2. The Hall–Kier alpha value is -2.54. The molecule has 1 atom stereocenters. The van der Waals surface area contributed by atoms with Crippen molar-refractivity contribution >= 4 is 28.2 Å². The number of hydrogen-bond acceptors (Lipinski definition) is 5. The lowest BCUT2D eigenvalue weighted by Crippen LogP contribution is -2.40. The minimum Gasteiger partial charge on any atom is -0.485 e. The van der Waals surface area contributed by atoms with E-state index in [2.05, 4.69) is 10.6 Å². The van der Waals surface area contributed by atoms with Crippen LogP contribution in [0.3, 0.4) is 0 Å². The van der Waals surface area contributed by atoms with Gasteiger partial charge in [-0.1, -0.05) is 12.1 Å². The van der Waals surface area contributed by atoms with E-state index >= 15 is 0 Å². The van der Waals surface area contributed by atoms with Gasteiger partial charge in [-0.25, -0.2) is 0 Å². The minimum absolute atomic E-state index is 0.142. The van der Waals surface area contributed by atoms with Crippen LogP contribution in [-0.2, 0) is 17.6 Å². The summed E-state index contributed by atoms with van der Waals surface area (Å²) in [5.41, 5.74) is 1.67. The largest absolute Gasteiger partial charge is 0.485 e. The fraction of sp³-hybridized carbons (Fsp3) is 0.368. The maximum atomic E-state index is 12.7. The quantitative estimate of drug-likeness (QED) is 0.869. The average molecular weight is 372 g/mol. The summed E-state index contributed by atoms with van der Waals surface area (Å²) in [7, 11) is 1.61. The number of thiophene rings is 1. The zero-order chi connectivity index (χ0) is 18.1. The lowest BCUT2D eigenvalue weighted by molar-refractivity contribution is -0.125. The number of rotatable bonds is 3. The summed E-state index contributed by atoms with van der Waals surface area (Å²) >= 11 is 1.49. The highest BCUT2D eigenvalue weighted by Crippen LogP contribution is 2.38. The zero-order valence-electron chi connectivity index (χ0n) is 14.5. The number of carbonyl (C=O) groups is 2. The molecule has 0 saturated heterocycles. The Labute approximate surface area is 155 Å². The monoisotopic (exact) mass is 372 g/mol. The molecule has 2 amide bonds. The summed E-state index contributed by atoms with van der Waals surface area (Å²) in [6.45, 7) is 0.142. The summed E-state index contributed by atoms with van der Waals surface area (Å²) in [6.07, 6.45) is 3.26. The number of carbonyl (C=O) groups excluding carboxylic acids is 2. The summed E-state index contributed by atoms with van der Waals surface area (Å²) in [5.74, 6) is 0.721. The molecule has 0 bridgehead atoms. The highest BCUT2D eigenvalue weighted by molar-refractivity contribution is 7.17. The predicted octanol–water partition coefficient (Wildman–Crippen LogP) is 2.77. The van der Waals surface area contributed by atoms with E-state index in [0.29, 0.717) is 22.1 Å². The van der Waals surface area contributed by atoms with E-state index < -0.39 is 6.10 Å². The minimum atomic E-state index is -0.749. The molecule has 0 saturated carbocycles. The van der Waals surface area contributed by atoms with Crippen LogP contribution in [0.2, 0.25) is 0 Å². The van der Waals surface area contributed by atoms with Gasteiger partial charge in [0, 0.05) is 11.9 Å². The molecule has 1 aliphatic heterocycles. The van der Waals surface area contributed by atoms with Gasteiger partial charge in [-0.3, -0.25) is 9.59 Å². The van der Waals surface area contributed by atoms with Crippen LogP contribution in [0.5, 0.6) is 11.5 Å². The molecule has 0 radical (unpaired) electrons. The Morgan fingerprint density at radius 3 is 2.73 bits per heavy atom. The van der Waals surface area contributed by atoms with Crippen LogP contribution in [0.4, 0.5) is 5.00 Å². The van der Waals surface area contributed by atoms with Crippen LogP contribution in [0.1, 0.15) is 33.6 Å². The molecule has 1 aliphatic carbocycles. The van der Waals surface area contributed by atoms with Gasteiger partial charge in [0.1, 0.15) is 11.6 Å². The second-order valence-corrected chi connectivity index (χ2v) is 7.45. The van der Waals surface area contributed by atoms with E-state index in [0.717, 1.165) is 31.2 Å². The van der Waals surface area contributed by atoms with E-state index in [1.54, 1.807) is 19.2 Å². The van der Waals surface area contributed by atoms with Crippen LogP contribution in [0, 0.1) is 0 Å². The van der Waals surface area contributed by atoms with Crippen molar-refractivity contribution < 1.29 is 19.1 Å². The Bertz CT molecular complexity index is 861. The van der Waals surface area contributed by atoms with Crippen LogP contribution in [0.15, 0.2) is 24.3 Å². The first-order valence-electron chi connectivity index (χ1n) is 8.73. The Morgan fingerprint density at radius 2 is 1.92 bits per heavy atom. The first kappa shape index (κ1) is 16.9. The first-order chi connectivity index (χ1) is 12.7. The molecule has 2 heterocycles. The summed E-state index contributed by atoms with van der Waals surface area (Å²) in [5, 5.41) is 6.18. The number of fused-ring (bicyclic) bond motifs is 2. The number of amides is 2. The molecule has 0 spiro atoms. The molecule has 136 valence electrons. The Morgan fingerprint density at radius 1 is 1.15 bits per heavy atom. The van der Waals surface area contributed by atoms with Gasteiger partial charge < -0.3 is 20.1 Å². The number of hydrogen-bond donors (Lipinski definition) is 2. The molecule has 7 heteroatoms. The predicted molar refractivity (Wildman–Crippen MR) is 99.3 cm³/mol. The van der Waals surface area contributed by atoms with Crippen LogP contribution >= 0.6 is 11.3 Å². The van der Waals surface area contributed by atoms with E-state index in [1.165, 1.54) is 16.2 Å². The molecular weight excluding hydrogens is 352 g/mol. The molecule has 2 N–H and O–H groups in total. The Balaban J connectivity index is 1.57. The lowest BCUT2D eigenvalue weighted by Gasteiger charge is -2.25. The second-order valence-electron chi connectivity index (χ2n) is 6.35. The second kappa shape index (κ2) is 6.99. The molecule has 6 nitrogen and oxygen atoms in total.